The molecule has 8 aromatic rings. The third-order valence-corrected chi connectivity index (χ3v) is 10.6. The van der Waals surface area contributed by atoms with Gasteiger partial charge in [-0.05, 0) is 107 Å². The van der Waals surface area contributed by atoms with Crippen molar-refractivity contribution >= 4 is 54.8 Å². The van der Waals surface area contributed by atoms with Crippen molar-refractivity contribution in [3.63, 3.8) is 0 Å². The molecule has 2 aromatic heterocycles. The Morgan fingerprint density at radius 1 is 0.440 bits per heavy atom. The highest BCUT2D eigenvalue weighted by Crippen LogP contribution is 2.40. The van der Waals surface area contributed by atoms with Crippen molar-refractivity contribution in [2.75, 3.05) is 0 Å². The van der Waals surface area contributed by atoms with Gasteiger partial charge in [0.05, 0.1) is 17.1 Å². The quantitative estimate of drug-likeness (QED) is 0.177. The van der Waals surface area contributed by atoms with Crippen LogP contribution in [0.2, 0.25) is 0 Å². The summed E-state index contributed by atoms with van der Waals surface area (Å²) in [5.41, 5.74) is 13.8. The number of aromatic nitrogens is 2. The summed E-state index contributed by atoms with van der Waals surface area (Å²) in [6.45, 7) is 0. The van der Waals surface area contributed by atoms with Gasteiger partial charge in [0.15, 0.2) is 0 Å². The highest BCUT2D eigenvalue weighted by Gasteiger charge is 2.20. The van der Waals surface area contributed by atoms with Crippen LogP contribution in [0.5, 0.6) is 0 Å². The number of hydrogen-bond donors (Lipinski definition) is 0. The Kier molecular flexibility index (Phi) is 6.80. The van der Waals surface area contributed by atoms with Crippen molar-refractivity contribution in [2.24, 2.45) is 0 Å². The summed E-state index contributed by atoms with van der Waals surface area (Å²) in [7, 11) is 0. The Balaban J connectivity index is 1.14. The van der Waals surface area contributed by atoms with Gasteiger partial charge in [-0.15, -0.1) is 0 Å². The Morgan fingerprint density at radius 2 is 1.04 bits per heavy atom. The Morgan fingerprint density at radius 3 is 1.78 bits per heavy atom. The molecule has 6 aromatic carbocycles. The fourth-order valence-corrected chi connectivity index (χ4v) is 8.27. The third kappa shape index (κ3) is 4.71. The second kappa shape index (κ2) is 11.8. The summed E-state index contributed by atoms with van der Waals surface area (Å²) in [6, 6.07) is 51.7. The molecule has 0 saturated carbocycles. The molecule has 0 aliphatic heterocycles. The van der Waals surface area contributed by atoms with E-state index in [4.69, 9.17) is 0 Å². The number of fused-ring (bicyclic) bond motifs is 6. The van der Waals surface area contributed by atoms with E-state index >= 15 is 0 Å². The van der Waals surface area contributed by atoms with Gasteiger partial charge in [-0.3, -0.25) is 0 Å². The third-order valence-electron chi connectivity index (χ3n) is 10.6. The zero-order valence-corrected chi connectivity index (χ0v) is 27.8. The number of nitrogens with zero attached hydrogens (tertiary/aromatic N) is 2. The van der Waals surface area contributed by atoms with Gasteiger partial charge in [0, 0.05) is 38.3 Å². The monoisotopic (exact) mass is 640 g/mol. The van der Waals surface area contributed by atoms with Gasteiger partial charge in [-0.1, -0.05) is 121 Å². The van der Waals surface area contributed by atoms with Crippen LogP contribution in [0.4, 0.5) is 0 Å². The van der Waals surface area contributed by atoms with Crippen LogP contribution in [0.25, 0.3) is 71.6 Å². The van der Waals surface area contributed by atoms with Crippen LogP contribution in [0.15, 0.2) is 176 Å². The van der Waals surface area contributed by atoms with Crippen molar-refractivity contribution in [3.8, 4) is 16.8 Å². The first-order chi connectivity index (χ1) is 24.8. The molecule has 1 atom stereocenters. The fourth-order valence-electron chi connectivity index (χ4n) is 8.27. The molecule has 0 saturated heterocycles. The van der Waals surface area contributed by atoms with E-state index in [2.05, 4.69) is 185 Å². The first kappa shape index (κ1) is 28.9. The highest BCUT2D eigenvalue weighted by atomic mass is 15.0. The van der Waals surface area contributed by atoms with Gasteiger partial charge in [0.25, 0.3) is 0 Å². The second-order valence-corrected chi connectivity index (χ2v) is 13.6. The van der Waals surface area contributed by atoms with Crippen LogP contribution in [0.1, 0.15) is 36.4 Å². The van der Waals surface area contributed by atoms with Gasteiger partial charge < -0.3 is 9.13 Å². The van der Waals surface area contributed by atoms with Crippen LogP contribution in [0.3, 0.4) is 0 Å². The summed E-state index contributed by atoms with van der Waals surface area (Å²) >= 11 is 0. The number of allylic oxidation sites excluding steroid dienone is 8. The topological polar surface area (TPSA) is 9.86 Å². The fraction of sp³-hybridized carbons (Fsp3) is 0.0833. The highest BCUT2D eigenvalue weighted by molar-refractivity contribution is 6.13. The number of rotatable bonds is 5. The summed E-state index contributed by atoms with van der Waals surface area (Å²) in [5, 5.41) is 5.16. The maximum absolute atomic E-state index is 2.55. The smallest absolute Gasteiger partial charge is 0.0566 e. The number of hydrogen-bond acceptors (Lipinski definition) is 0. The molecule has 0 radical (unpaired) electrons. The summed E-state index contributed by atoms with van der Waals surface area (Å²) in [4.78, 5) is 0. The number of para-hydroxylation sites is 2. The Hall–Kier alpha value is -6.12. The van der Waals surface area contributed by atoms with E-state index in [1.54, 1.807) is 0 Å². The van der Waals surface area contributed by atoms with E-state index in [0.29, 0.717) is 0 Å². The molecule has 2 aliphatic rings. The lowest BCUT2D eigenvalue weighted by Gasteiger charge is -2.21. The van der Waals surface area contributed by atoms with Crippen molar-refractivity contribution in [2.45, 2.75) is 25.3 Å². The van der Waals surface area contributed by atoms with E-state index in [1.807, 2.05) is 0 Å². The zero-order valence-electron chi connectivity index (χ0n) is 27.8. The molecule has 0 fully saturated rings. The molecule has 0 N–H and O–H groups in total. The van der Waals surface area contributed by atoms with Gasteiger partial charge >= 0.3 is 0 Å². The lowest BCUT2D eigenvalue weighted by Crippen LogP contribution is -2.08. The standard InChI is InChI=1S/C48H36N2/c1-4-13-33(14-5-1)35-17-12-20-40(29-35)50-45-22-11-10-21-41(45)42-31-37(24-27-46(42)50)38-25-28-48-44(32-38)43-30-36(34-15-6-2-7-16-34)23-26-47(43)49(48)39-18-8-3-9-19-39/h1,3-6,8-19,21-32,40H,2,7,20H2. The van der Waals surface area contributed by atoms with Gasteiger partial charge in [-0.25, -0.2) is 0 Å². The molecule has 50 heavy (non-hydrogen) atoms. The minimum Gasteiger partial charge on any atom is -0.333 e. The molecule has 0 bridgehead atoms. The molecule has 238 valence electrons. The van der Waals surface area contributed by atoms with Gasteiger partial charge in [0.1, 0.15) is 0 Å². The first-order valence-electron chi connectivity index (χ1n) is 17.8. The van der Waals surface area contributed by atoms with Crippen LogP contribution in [-0.4, -0.2) is 9.13 Å². The Bertz CT molecular complexity index is 2710. The van der Waals surface area contributed by atoms with Crippen LogP contribution < -0.4 is 0 Å². The molecule has 1 unspecified atom stereocenters. The Labute approximate surface area is 292 Å². The maximum Gasteiger partial charge on any atom is 0.0566 e. The lowest BCUT2D eigenvalue weighted by atomic mass is 9.96. The molecule has 0 spiro atoms. The average Bonchev–Trinajstić information content (AvgIpc) is 3.71. The largest absolute Gasteiger partial charge is 0.333 e. The summed E-state index contributed by atoms with van der Waals surface area (Å²) in [6.07, 6.45) is 17.2. The predicted octanol–water partition coefficient (Wildman–Crippen LogP) is 12.9. The molecular formula is C48H36N2. The molecule has 2 heterocycles. The van der Waals surface area contributed by atoms with Gasteiger partial charge in [0.2, 0.25) is 0 Å². The molecule has 2 aliphatic carbocycles. The van der Waals surface area contributed by atoms with Crippen LogP contribution >= 0.6 is 0 Å². The lowest BCUT2D eigenvalue weighted by molar-refractivity contribution is 0.650. The van der Waals surface area contributed by atoms with Crippen molar-refractivity contribution < 1.29 is 0 Å². The maximum atomic E-state index is 2.55. The second-order valence-electron chi connectivity index (χ2n) is 13.6. The van der Waals surface area contributed by atoms with E-state index in [1.165, 1.54) is 82.7 Å². The number of benzene rings is 6. The van der Waals surface area contributed by atoms with E-state index < -0.39 is 0 Å². The van der Waals surface area contributed by atoms with Crippen molar-refractivity contribution in [3.05, 3.63) is 187 Å². The summed E-state index contributed by atoms with van der Waals surface area (Å²) in [5.74, 6) is 0. The predicted molar refractivity (Wildman–Crippen MR) is 213 cm³/mol. The molecule has 0 amide bonds. The normalized spacial score (nSPS) is 16.0. The van der Waals surface area contributed by atoms with E-state index in [-0.39, 0.29) is 6.04 Å². The van der Waals surface area contributed by atoms with Gasteiger partial charge in [-0.2, -0.15) is 0 Å². The minimum atomic E-state index is 0.243. The zero-order chi connectivity index (χ0) is 33.0. The van der Waals surface area contributed by atoms with E-state index in [0.717, 1.165) is 19.3 Å². The van der Waals surface area contributed by atoms with Crippen LogP contribution in [0, 0.1) is 0 Å². The molecular weight excluding hydrogens is 605 g/mol. The minimum absolute atomic E-state index is 0.243. The van der Waals surface area contributed by atoms with Crippen molar-refractivity contribution in [1.29, 1.82) is 0 Å². The molecule has 10 rings (SSSR count). The van der Waals surface area contributed by atoms with Crippen molar-refractivity contribution in [1.82, 2.24) is 9.13 Å². The molecule has 2 nitrogen and oxygen atoms in total. The van der Waals surface area contributed by atoms with E-state index in [9.17, 15) is 0 Å². The van der Waals surface area contributed by atoms with Crippen LogP contribution in [-0.2, 0) is 0 Å². The average molecular weight is 641 g/mol. The first-order valence-corrected chi connectivity index (χ1v) is 17.8. The SMILES string of the molecule is C1=CC(c2ccc3c(c2)c2cc(-c4ccc5c(c4)c4ccccc4n5C4C=C(c5ccccc5)C=CC4)ccc2n3-c2ccccc2)=CCC1. The summed E-state index contributed by atoms with van der Waals surface area (Å²) < 4.78 is 4.96. The molecule has 2 heteroatoms.